The SMILES string of the molecule is C[C@H](CCO)CNC(=O)N[C@@H]1CCc2c1ccc(Cl)c2Cl. The highest BCUT2D eigenvalue weighted by molar-refractivity contribution is 6.42. The van der Waals surface area contributed by atoms with Crippen molar-refractivity contribution in [3.05, 3.63) is 33.3 Å². The number of nitrogens with one attached hydrogen (secondary N) is 2. The van der Waals surface area contributed by atoms with Crippen molar-refractivity contribution in [2.45, 2.75) is 32.2 Å². The molecule has 2 amide bonds. The predicted molar refractivity (Wildman–Crippen MR) is 84.9 cm³/mol. The lowest BCUT2D eigenvalue weighted by Gasteiger charge is -2.17. The molecule has 0 spiro atoms. The third kappa shape index (κ3) is 4.02. The van der Waals surface area contributed by atoms with Crippen molar-refractivity contribution in [3.63, 3.8) is 0 Å². The maximum atomic E-state index is 11.9. The van der Waals surface area contributed by atoms with Crippen molar-refractivity contribution in [1.29, 1.82) is 0 Å². The van der Waals surface area contributed by atoms with Crippen LogP contribution in [0.1, 0.15) is 36.9 Å². The largest absolute Gasteiger partial charge is 0.396 e. The Morgan fingerprint density at radius 1 is 1.48 bits per heavy atom. The summed E-state index contributed by atoms with van der Waals surface area (Å²) in [6.45, 7) is 2.68. The Morgan fingerprint density at radius 2 is 2.24 bits per heavy atom. The number of aliphatic hydroxyl groups excluding tert-OH is 1. The first-order valence-electron chi connectivity index (χ1n) is 7.15. The van der Waals surface area contributed by atoms with Crippen molar-refractivity contribution < 1.29 is 9.90 Å². The molecule has 0 radical (unpaired) electrons. The van der Waals surface area contributed by atoms with Crippen molar-refractivity contribution in [3.8, 4) is 0 Å². The lowest BCUT2D eigenvalue weighted by Crippen LogP contribution is -2.39. The zero-order chi connectivity index (χ0) is 15.4. The molecule has 21 heavy (non-hydrogen) atoms. The summed E-state index contributed by atoms with van der Waals surface area (Å²) < 4.78 is 0. The van der Waals surface area contributed by atoms with E-state index < -0.39 is 0 Å². The normalized spacial score (nSPS) is 18.2. The van der Waals surface area contributed by atoms with Crippen LogP contribution in [0.25, 0.3) is 0 Å². The third-order valence-electron chi connectivity index (χ3n) is 3.83. The molecule has 0 saturated carbocycles. The molecule has 4 nitrogen and oxygen atoms in total. The zero-order valence-corrected chi connectivity index (χ0v) is 13.5. The van der Waals surface area contributed by atoms with Gasteiger partial charge in [0.25, 0.3) is 0 Å². The average molecular weight is 331 g/mol. The summed E-state index contributed by atoms with van der Waals surface area (Å²) in [5, 5.41) is 15.8. The van der Waals surface area contributed by atoms with E-state index in [9.17, 15) is 4.79 Å². The summed E-state index contributed by atoms with van der Waals surface area (Å²) in [7, 11) is 0. The number of amides is 2. The van der Waals surface area contributed by atoms with Gasteiger partial charge in [0.05, 0.1) is 16.1 Å². The first kappa shape index (κ1) is 16.4. The van der Waals surface area contributed by atoms with Gasteiger partial charge in [-0.05, 0) is 42.4 Å². The van der Waals surface area contributed by atoms with Gasteiger partial charge in [-0.3, -0.25) is 0 Å². The van der Waals surface area contributed by atoms with Crippen LogP contribution in [0.15, 0.2) is 12.1 Å². The fourth-order valence-electron chi connectivity index (χ4n) is 2.58. The minimum atomic E-state index is -0.191. The standard InChI is InChI=1S/C15H20Cl2N2O2/c1-9(6-7-20)8-18-15(21)19-13-5-3-11-10(13)2-4-12(16)14(11)17/h2,4,9,13,20H,3,5-8H2,1H3,(H2,18,19,21)/t9-,13-/m1/s1. The molecule has 1 aliphatic rings. The maximum Gasteiger partial charge on any atom is 0.315 e. The average Bonchev–Trinajstić information content (AvgIpc) is 2.85. The summed E-state index contributed by atoms with van der Waals surface area (Å²) in [4.78, 5) is 11.9. The number of urea groups is 1. The van der Waals surface area contributed by atoms with Gasteiger partial charge >= 0.3 is 6.03 Å². The van der Waals surface area contributed by atoms with E-state index in [1.54, 1.807) is 6.07 Å². The molecular formula is C15H20Cl2N2O2. The molecule has 116 valence electrons. The summed E-state index contributed by atoms with van der Waals surface area (Å²) in [6, 6.07) is 3.48. The molecule has 0 bridgehead atoms. The number of carbonyl (C=O) groups is 1. The minimum absolute atomic E-state index is 0.0251. The molecule has 6 heteroatoms. The molecule has 0 fully saturated rings. The van der Waals surface area contributed by atoms with Crippen molar-refractivity contribution in [2.75, 3.05) is 13.2 Å². The Morgan fingerprint density at radius 3 is 2.95 bits per heavy atom. The van der Waals surface area contributed by atoms with Gasteiger partial charge in [0.2, 0.25) is 0 Å². The highest BCUT2D eigenvalue weighted by atomic mass is 35.5. The third-order valence-corrected chi connectivity index (χ3v) is 4.67. The van der Waals surface area contributed by atoms with Gasteiger partial charge in [-0.2, -0.15) is 0 Å². The summed E-state index contributed by atoms with van der Waals surface area (Å²) in [5.74, 6) is 0.255. The highest BCUT2D eigenvalue weighted by Gasteiger charge is 2.26. The highest BCUT2D eigenvalue weighted by Crippen LogP contribution is 2.38. The van der Waals surface area contributed by atoms with Crippen LogP contribution >= 0.6 is 23.2 Å². The lowest BCUT2D eigenvalue weighted by molar-refractivity contribution is 0.230. The van der Waals surface area contributed by atoms with Crippen molar-refractivity contribution >= 4 is 29.2 Å². The van der Waals surface area contributed by atoms with E-state index in [0.29, 0.717) is 23.0 Å². The lowest BCUT2D eigenvalue weighted by atomic mass is 10.1. The van der Waals surface area contributed by atoms with E-state index in [0.717, 1.165) is 24.0 Å². The van der Waals surface area contributed by atoms with Gasteiger partial charge in [-0.25, -0.2) is 4.79 Å². The monoisotopic (exact) mass is 330 g/mol. The molecule has 0 aliphatic heterocycles. The van der Waals surface area contributed by atoms with Gasteiger partial charge in [0.15, 0.2) is 0 Å². The Hall–Kier alpha value is -0.970. The Labute approximate surface area is 134 Å². The van der Waals surface area contributed by atoms with Crippen LogP contribution in [0.5, 0.6) is 0 Å². The number of carbonyl (C=O) groups excluding carboxylic acids is 1. The van der Waals surface area contributed by atoms with Crippen LogP contribution in [0.2, 0.25) is 10.0 Å². The Balaban J connectivity index is 1.92. The van der Waals surface area contributed by atoms with E-state index in [1.807, 2.05) is 13.0 Å². The molecular weight excluding hydrogens is 311 g/mol. The topological polar surface area (TPSA) is 61.4 Å². The van der Waals surface area contributed by atoms with Gasteiger partial charge in [-0.15, -0.1) is 0 Å². The van der Waals surface area contributed by atoms with Gasteiger partial charge in [-0.1, -0.05) is 36.2 Å². The predicted octanol–water partition coefficient (Wildman–Crippen LogP) is 3.30. The van der Waals surface area contributed by atoms with Crippen molar-refractivity contribution in [2.24, 2.45) is 5.92 Å². The number of hydrogen-bond acceptors (Lipinski definition) is 2. The molecule has 2 rings (SSSR count). The second-order valence-corrected chi connectivity index (χ2v) is 6.28. The van der Waals surface area contributed by atoms with Crippen LogP contribution in [-0.4, -0.2) is 24.3 Å². The molecule has 3 N–H and O–H groups in total. The van der Waals surface area contributed by atoms with Crippen molar-refractivity contribution in [1.82, 2.24) is 10.6 Å². The second kappa shape index (κ2) is 7.34. The molecule has 0 aromatic heterocycles. The Bertz CT molecular complexity index is 523. The number of halogens is 2. The van der Waals surface area contributed by atoms with E-state index in [-0.39, 0.29) is 24.6 Å². The Kier molecular flexibility index (Phi) is 5.73. The second-order valence-electron chi connectivity index (χ2n) is 5.49. The molecule has 1 aromatic carbocycles. The fraction of sp³-hybridized carbons (Fsp3) is 0.533. The number of hydrogen-bond donors (Lipinski definition) is 3. The molecule has 0 unspecified atom stereocenters. The van der Waals surface area contributed by atoms with Crippen LogP contribution in [-0.2, 0) is 6.42 Å². The number of aliphatic hydroxyl groups is 1. The summed E-state index contributed by atoms with van der Waals surface area (Å²) in [6.07, 6.45) is 2.33. The number of benzene rings is 1. The smallest absolute Gasteiger partial charge is 0.315 e. The fourth-order valence-corrected chi connectivity index (χ4v) is 3.02. The zero-order valence-electron chi connectivity index (χ0n) is 12.0. The van der Waals surface area contributed by atoms with Gasteiger partial charge in [0.1, 0.15) is 0 Å². The maximum absolute atomic E-state index is 11.9. The first-order valence-corrected chi connectivity index (χ1v) is 7.90. The minimum Gasteiger partial charge on any atom is -0.396 e. The molecule has 0 heterocycles. The quantitative estimate of drug-likeness (QED) is 0.775. The summed E-state index contributed by atoms with van der Waals surface area (Å²) in [5.41, 5.74) is 2.08. The van der Waals surface area contributed by atoms with E-state index in [1.165, 1.54) is 0 Å². The van der Waals surface area contributed by atoms with Crippen LogP contribution < -0.4 is 10.6 Å². The molecule has 2 atom stereocenters. The first-order chi connectivity index (χ1) is 10.0. The summed E-state index contributed by atoms with van der Waals surface area (Å²) >= 11 is 12.2. The number of fused-ring (bicyclic) bond motifs is 1. The molecule has 1 aromatic rings. The van der Waals surface area contributed by atoms with E-state index in [4.69, 9.17) is 28.3 Å². The van der Waals surface area contributed by atoms with Gasteiger partial charge in [0, 0.05) is 13.2 Å². The van der Waals surface area contributed by atoms with Crippen LogP contribution in [0.3, 0.4) is 0 Å². The van der Waals surface area contributed by atoms with E-state index >= 15 is 0 Å². The van der Waals surface area contributed by atoms with Crippen LogP contribution in [0, 0.1) is 5.92 Å². The molecule has 0 saturated heterocycles. The number of rotatable bonds is 5. The van der Waals surface area contributed by atoms with Gasteiger partial charge < -0.3 is 15.7 Å². The van der Waals surface area contributed by atoms with E-state index in [2.05, 4.69) is 10.6 Å². The molecule has 1 aliphatic carbocycles. The van der Waals surface area contributed by atoms with Crippen LogP contribution in [0.4, 0.5) is 4.79 Å².